The molecular formula is C14H21N3O2. The minimum atomic E-state index is -0.0763. The number of aryl methyl sites for hydroxylation is 1. The fourth-order valence-corrected chi connectivity index (χ4v) is 2.26. The number of aromatic hydroxyl groups is 1. The zero-order chi connectivity index (χ0) is 13.7. The van der Waals surface area contributed by atoms with Crippen LogP contribution in [-0.4, -0.2) is 55.2 Å². The van der Waals surface area contributed by atoms with Gasteiger partial charge >= 0.3 is 0 Å². The Morgan fingerprint density at radius 2 is 2.16 bits per heavy atom. The van der Waals surface area contributed by atoms with Crippen LogP contribution in [0.3, 0.4) is 0 Å². The van der Waals surface area contributed by atoms with Gasteiger partial charge in [0.2, 0.25) is 0 Å². The van der Waals surface area contributed by atoms with Crippen molar-refractivity contribution in [2.75, 3.05) is 39.3 Å². The number of phenols is 1. The molecule has 5 heteroatoms. The van der Waals surface area contributed by atoms with Crippen molar-refractivity contribution in [2.45, 2.75) is 6.92 Å². The maximum atomic E-state index is 12.0. The molecule has 3 N–H and O–H groups in total. The van der Waals surface area contributed by atoms with Gasteiger partial charge in [0, 0.05) is 44.8 Å². The largest absolute Gasteiger partial charge is 0.508 e. The first-order chi connectivity index (χ1) is 9.16. The topological polar surface area (TPSA) is 64.6 Å². The molecule has 1 heterocycles. The number of nitrogens with one attached hydrogen (secondary N) is 2. The second-order valence-corrected chi connectivity index (χ2v) is 4.85. The summed E-state index contributed by atoms with van der Waals surface area (Å²) in [5.41, 5.74) is 1.41. The molecule has 0 bridgehead atoms. The highest BCUT2D eigenvalue weighted by Gasteiger charge is 2.11. The van der Waals surface area contributed by atoms with Crippen molar-refractivity contribution >= 4 is 5.91 Å². The number of piperazine rings is 1. The Labute approximate surface area is 113 Å². The molecule has 104 valence electrons. The van der Waals surface area contributed by atoms with Crippen molar-refractivity contribution in [3.05, 3.63) is 29.3 Å². The monoisotopic (exact) mass is 263 g/mol. The molecule has 1 fully saturated rings. The molecule has 1 aliphatic heterocycles. The van der Waals surface area contributed by atoms with Gasteiger partial charge in [-0.25, -0.2) is 0 Å². The van der Waals surface area contributed by atoms with E-state index in [1.54, 1.807) is 12.1 Å². The summed E-state index contributed by atoms with van der Waals surface area (Å²) in [7, 11) is 0. The fourth-order valence-electron chi connectivity index (χ4n) is 2.26. The van der Waals surface area contributed by atoms with Crippen LogP contribution in [0.25, 0.3) is 0 Å². The van der Waals surface area contributed by atoms with Crippen LogP contribution in [0.4, 0.5) is 0 Å². The Bertz CT molecular complexity index is 442. The highest BCUT2D eigenvalue weighted by molar-refractivity contribution is 5.95. The Kier molecular flexibility index (Phi) is 4.76. The third kappa shape index (κ3) is 3.94. The van der Waals surface area contributed by atoms with E-state index >= 15 is 0 Å². The lowest BCUT2D eigenvalue weighted by Crippen LogP contribution is -2.46. The molecule has 1 saturated heterocycles. The normalized spacial score (nSPS) is 16.3. The van der Waals surface area contributed by atoms with Gasteiger partial charge < -0.3 is 15.7 Å². The van der Waals surface area contributed by atoms with Crippen molar-refractivity contribution < 1.29 is 9.90 Å². The molecule has 1 aromatic carbocycles. The lowest BCUT2D eigenvalue weighted by Gasteiger charge is -2.27. The Morgan fingerprint density at radius 3 is 2.84 bits per heavy atom. The van der Waals surface area contributed by atoms with Crippen LogP contribution in [-0.2, 0) is 0 Å². The molecule has 0 saturated carbocycles. The maximum absolute atomic E-state index is 12.0. The van der Waals surface area contributed by atoms with E-state index in [9.17, 15) is 9.90 Å². The van der Waals surface area contributed by atoms with E-state index in [1.807, 2.05) is 6.92 Å². The molecule has 1 aliphatic rings. The second-order valence-electron chi connectivity index (χ2n) is 4.85. The lowest BCUT2D eigenvalue weighted by atomic mass is 10.1. The Hall–Kier alpha value is -1.59. The lowest BCUT2D eigenvalue weighted by molar-refractivity contribution is 0.0946. The van der Waals surface area contributed by atoms with E-state index in [-0.39, 0.29) is 11.7 Å². The fraction of sp³-hybridized carbons (Fsp3) is 0.500. The number of rotatable bonds is 4. The number of nitrogens with zero attached hydrogens (tertiary/aromatic N) is 1. The SMILES string of the molecule is Cc1cc(O)ccc1C(=O)NCCN1CCNCC1. The first-order valence-electron chi connectivity index (χ1n) is 6.68. The van der Waals surface area contributed by atoms with Crippen molar-refractivity contribution in [3.63, 3.8) is 0 Å². The number of carbonyl (C=O) groups excluding carboxylic acids is 1. The predicted molar refractivity (Wildman–Crippen MR) is 74.5 cm³/mol. The van der Waals surface area contributed by atoms with E-state index in [4.69, 9.17) is 0 Å². The minimum absolute atomic E-state index is 0.0763. The van der Waals surface area contributed by atoms with E-state index < -0.39 is 0 Å². The second kappa shape index (κ2) is 6.54. The van der Waals surface area contributed by atoms with Gasteiger partial charge in [0.1, 0.15) is 5.75 Å². The first-order valence-corrected chi connectivity index (χ1v) is 6.68. The smallest absolute Gasteiger partial charge is 0.251 e. The summed E-state index contributed by atoms with van der Waals surface area (Å²) in [6.07, 6.45) is 0. The van der Waals surface area contributed by atoms with Gasteiger partial charge in [0.25, 0.3) is 5.91 Å². The number of hydrogen-bond donors (Lipinski definition) is 3. The van der Waals surface area contributed by atoms with Crippen molar-refractivity contribution in [2.24, 2.45) is 0 Å². The average Bonchev–Trinajstić information content (AvgIpc) is 2.39. The first kappa shape index (κ1) is 13.8. The molecule has 1 amide bonds. The molecule has 2 rings (SSSR count). The molecule has 0 aromatic heterocycles. The number of hydrogen-bond acceptors (Lipinski definition) is 4. The number of phenolic OH excluding ortho intramolecular Hbond substituents is 1. The van der Waals surface area contributed by atoms with Crippen LogP contribution in [0.15, 0.2) is 18.2 Å². The molecular weight excluding hydrogens is 242 g/mol. The van der Waals surface area contributed by atoms with E-state index in [0.29, 0.717) is 12.1 Å². The summed E-state index contributed by atoms with van der Waals surface area (Å²) in [5, 5.41) is 15.5. The van der Waals surface area contributed by atoms with Gasteiger partial charge in [0.05, 0.1) is 0 Å². The molecule has 0 radical (unpaired) electrons. The molecule has 1 aromatic rings. The minimum Gasteiger partial charge on any atom is -0.508 e. The summed E-state index contributed by atoms with van der Waals surface area (Å²) in [6, 6.07) is 4.80. The zero-order valence-corrected chi connectivity index (χ0v) is 11.3. The quantitative estimate of drug-likeness (QED) is 0.733. The average molecular weight is 263 g/mol. The Balaban J connectivity index is 1.80. The summed E-state index contributed by atoms with van der Waals surface area (Å²) in [6.45, 7) is 7.47. The Morgan fingerprint density at radius 1 is 1.42 bits per heavy atom. The van der Waals surface area contributed by atoms with Crippen molar-refractivity contribution in [1.82, 2.24) is 15.5 Å². The van der Waals surface area contributed by atoms with Gasteiger partial charge in [0.15, 0.2) is 0 Å². The molecule has 5 nitrogen and oxygen atoms in total. The van der Waals surface area contributed by atoms with Crippen LogP contribution in [0.5, 0.6) is 5.75 Å². The van der Waals surface area contributed by atoms with Crippen LogP contribution >= 0.6 is 0 Å². The number of amides is 1. The van der Waals surface area contributed by atoms with Gasteiger partial charge in [-0.3, -0.25) is 9.69 Å². The van der Waals surface area contributed by atoms with Crippen molar-refractivity contribution in [1.29, 1.82) is 0 Å². The molecule has 0 spiro atoms. The summed E-state index contributed by atoms with van der Waals surface area (Å²) < 4.78 is 0. The van der Waals surface area contributed by atoms with Crippen LogP contribution < -0.4 is 10.6 Å². The number of benzene rings is 1. The van der Waals surface area contributed by atoms with Gasteiger partial charge in [-0.2, -0.15) is 0 Å². The van der Waals surface area contributed by atoms with E-state index in [1.165, 1.54) is 6.07 Å². The highest BCUT2D eigenvalue weighted by Crippen LogP contribution is 2.15. The van der Waals surface area contributed by atoms with Crippen molar-refractivity contribution in [3.8, 4) is 5.75 Å². The van der Waals surface area contributed by atoms with Crippen LogP contribution in [0.2, 0.25) is 0 Å². The van der Waals surface area contributed by atoms with Gasteiger partial charge in [-0.15, -0.1) is 0 Å². The molecule has 19 heavy (non-hydrogen) atoms. The summed E-state index contributed by atoms with van der Waals surface area (Å²) >= 11 is 0. The summed E-state index contributed by atoms with van der Waals surface area (Å²) in [5.74, 6) is 0.113. The standard InChI is InChI=1S/C14H21N3O2/c1-11-10-12(18)2-3-13(11)14(19)16-6-9-17-7-4-15-5-8-17/h2-3,10,15,18H,4-9H2,1H3,(H,16,19). The van der Waals surface area contributed by atoms with E-state index in [0.717, 1.165) is 38.3 Å². The predicted octanol–water partition coefficient (Wildman–Crippen LogP) is 0.336. The van der Waals surface area contributed by atoms with Gasteiger partial charge in [-0.1, -0.05) is 0 Å². The molecule has 0 aliphatic carbocycles. The number of carbonyl (C=O) groups is 1. The summed E-state index contributed by atoms with van der Waals surface area (Å²) in [4.78, 5) is 14.3. The van der Waals surface area contributed by atoms with Gasteiger partial charge in [-0.05, 0) is 30.7 Å². The highest BCUT2D eigenvalue weighted by atomic mass is 16.3. The maximum Gasteiger partial charge on any atom is 0.251 e. The third-order valence-corrected chi connectivity index (χ3v) is 3.38. The molecule has 0 atom stereocenters. The molecule has 0 unspecified atom stereocenters. The van der Waals surface area contributed by atoms with E-state index in [2.05, 4.69) is 15.5 Å². The van der Waals surface area contributed by atoms with Crippen LogP contribution in [0, 0.1) is 6.92 Å². The zero-order valence-electron chi connectivity index (χ0n) is 11.3. The third-order valence-electron chi connectivity index (χ3n) is 3.38. The van der Waals surface area contributed by atoms with Crippen LogP contribution in [0.1, 0.15) is 15.9 Å².